The fourth-order valence-corrected chi connectivity index (χ4v) is 2.37. The van der Waals surface area contributed by atoms with Gasteiger partial charge in [0.2, 0.25) is 11.8 Å². The first kappa shape index (κ1) is 13.4. The van der Waals surface area contributed by atoms with Crippen molar-refractivity contribution in [3.8, 4) is 0 Å². The summed E-state index contributed by atoms with van der Waals surface area (Å²) in [5, 5.41) is 6.21. The van der Waals surface area contributed by atoms with E-state index in [0.717, 1.165) is 11.3 Å². The lowest BCUT2D eigenvalue weighted by Gasteiger charge is -2.16. The molecule has 0 spiro atoms. The van der Waals surface area contributed by atoms with Crippen molar-refractivity contribution in [2.45, 2.75) is 13.3 Å². The van der Waals surface area contributed by atoms with Gasteiger partial charge >= 0.3 is 0 Å². The van der Waals surface area contributed by atoms with Crippen molar-refractivity contribution >= 4 is 23.2 Å². The number of carbonyl (C=O) groups excluding carboxylic acids is 2. The molecule has 0 aliphatic carbocycles. The van der Waals surface area contributed by atoms with Crippen LogP contribution >= 0.6 is 0 Å². The molecular formula is C15H15N3O3. The molecule has 1 aliphatic rings. The average Bonchev–Trinajstić information content (AvgIpc) is 3.09. The molecule has 108 valence electrons. The summed E-state index contributed by atoms with van der Waals surface area (Å²) in [7, 11) is 0. The van der Waals surface area contributed by atoms with E-state index in [0.29, 0.717) is 12.2 Å². The van der Waals surface area contributed by atoms with E-state index in [2.05, 4.69) is 15.0 Å². The van der Waals surface area contributed by atoms with Gasteiger partial charge in [-0.2, -0.15) is 0 Å². The SMILES string of the molecule is Cc1ccc(N2C[C@H](C(=O)Nc3cnoc3)CC2=O)cc1. The maximum absolute atomic E-state index is 12.1. The highest BCUT2D eigenvalue weighted by molar-refractivity contribution is 6.03. The van der Waals surface area contributed by atoms with E-state index in [9.17, 15) is 9.59 Å². The summed E-state index contributed by atoms with van der Waals surface area (Å²) in [6.45, 7) is 2.38. The van der Waals surface area contributed by atoms with Crippen molar-refractivity contribution < 1.29 is 14.1 Å². The number of nitrogens with zero attached hydrogens (tertiary/aromatic N) is 2. The highest BCUT2D eigenvalue weighted by Crippen LogP contribution is 2.26. The average molecular weight is 285 g/mol. The van der Waals surface area contributed by atoms with Crippen LogP contribution in [0, 0.1) is 12.8 Å². The van der Waals surface area contributed by atoms with Crippen molar-refractivity contribution in [2.75, 3.05) is 16.8 Å². The van der Waals surface area contributed by atoms with Crippen LogP contribution < -0.4 is 10.2 Å². The normalized spacial score (nSPS) is 18.0. The van der Waals surface area contributed by atoms with Gasteiger partial charge in [0.25, 0.3) is 0 Å². The van der Waals surface area contributed by atoms with Gasteiger partial charge in [0.15, 0.2) is 0 Å². The van der Waals surface area contributed by atoms with Crippen molar-refractivity contribution in [2.24, 2.45) is 5.92 Å². The number of amides is 2. The van der Waals surface area contributed by atoms with Crippen molar-refractivity contribution in [1.82, 2.24) is 5.16 Å². The van der Waals surface area contributed by atoms with Crippen LogP contribution in [0.25, 0.3) is 0 Å². The molecule has 1 saturated heterocycles. The minimum absolute atomic E-state index is 0.0377. The van der Waals surface area contributed by atoms with E-state index in [4.69, 9.17) is 0 Å². The largest absolute Gasteiger partial charge is 0.363 e. The van der Waals surface area contributed by atoms with Crippen LogP contribution in [0.3, 0.4) is 0 Å². The Balaban J connectivity index is 1.69. The Kier molecular flexibility index (Phi) is 3.43. The number of rotatable bonds is 3. The summed E-state index contributed by atoms with van der Waals surface area (Å²) in [6.07, 6.45) is 2.99. The Morgan fingerprint density at radius 2 is 2.14 bits per heavy atom. The molecular weight excluding hydrogens is 270 g/mol. The van der Waals surface area contributed by atoms with Crippen molar-refractivity contribution in [3.63, 3.8) is 0 Å². The summed E-state index contributed by atoms with van der Waals surface area (Å²) in [4.78, 5) is 25.9. The molecule has 1 aromatic heterocycles. The fourth-order valence-electron chi connectivity index (χ4n) is 2.37. The summed E-state index contributed by atoms with van der Waals surface area (Å²) < 4.78 is 4.66. The number of carbonyl (C=O) groups is 2. The molecule has 2 heterocycles. The molecule has 0 radical (unpaired) electrons. The van der Waals surface area contributed by atoms with Gasteiger partial charge in [-0.05, 0) is 19.1 Å². The predicted octanol–water partition coefficient (Wildman–Crippen LogP) is 1.97. The van der Waals surface area contributed by atoms with E-state index in [1.54, 1.807) is 4.90 Å². The first-order valence-corrected chi connectivity index (χ1v) is 6.71. The van der Waals surface area contributed by atoms with Gasteiger partial charge in [0.05, 0.1) is 12.1 Å². The second kappa shape index (κ2) is 5.40. The minimum atomic E-state index is -0.367. The smallest absolute Gasteiger partial charge is 0.229 e. The van der Waals surface area contributed by atoms with Crippen LogP contribution in [-0.4, -0.2) is 23.5 Å². The maximum atomic E-state index is 12.1. The van der Waals surface area contributed by atoms with Gasteiger partial charge < -0.3 is 14.7 Å². The number of hydrogen-bond acceptors (Lipinski definition) is 4. The van der Waals surface area contributed by atoms with Gasteiger partial charge in [-0.25, -0.2) is 0 Å². The number of hydrogen-bond donors (Lipinski definition) is 1. The number of nitrogens with one attached hydrogen (secondary N) is 1. The summed E-state index contributed by atoms with van der Waals surface area (Å²) >= 11 is 0. The second-order valence-electron chi connectivity index (χ2n) is 5.14. The molecule has 21 heavy (non-hydrogen) atoms. The Morgan fingerprint density at radius 3 is 2.81 bits per heavy atom. The van der Waals surface area contributed by atoms with Gasteiger partial charge in [0.1, 0.15) is 12.0 Å². The Bertz CT molecular complexity index is 649. The van der Waals surface area contributed by atoms with Gasteiger partial charge in [-0.3, -0.25) is 9.59 Å². The van der Waals surface area contributed by atoms with Gasteiger partial charge in [-0.1, -0.05) is 22.9 Å². The number of aryl methyl sites for hydroxylation is 1. The molecule has 0 unspecified atom stereocenters. The highest BCUT2D eigenvalue weighted by Gasteiger charge is 2.35. The predicted molar refractivity (Wildman–Crippen MR) is 76.8 cm³/mol. The first-order chi connectivity index (χ1) is 10.1. The molecule has 6 nitrogen and oxygen atoms in total. The first-order valence-electron chi connectivity index (χ1n) is 6.71. The lowest BCUT2D eigenvalue weighted by atomic mass is 10.1. The van der Waals surface area contributed by atoms with E-state index in [1.807, 2.05) is 31.2 Å². The molecule has 1 aliphatic heterocycles. The van der Waals surface area contributed by atoms with Crippen LogP contribution in [0.2, 0.25) is 0 Å². The van der Waals surface area contributed by atoms with Gasteiger partial charge in [-0.15, -0.1) is 0 Å². The van der Waals surface area contributed by atoms with E-state index >= 15 is 0 Å². The number of anilines is 2. The monoisotopic (exact) mass is 285 g/mol. The Hall–Kier alpha value is -2.63. The van der Waals surface area contributed by atoms with Crippen LogP contribution in [0.4, 0.5) is 11.4 Å². The summed E-state index contributed by atoms with van der Waals surface area (Å²) in [5.41, 5.74) is 2.46. The fraction of sp³-hybridized carbons (Fsp3) is 0.267. The Morgan fingerprint density at radius 1 is 1.38 bits per heavy atom. The van der Waals surface area contributed by atoms with Crippen LogP contribution in [0.15, 0.2) is 41.2 Å². The molecule has 0 bridgehead atoms. The number of benzene rings is 1. The minimum Gasteiger partial charge on any atom is -0.363 e. The molecule has 3 rings (SSSR count). The number of aromatic nitrogens is 1. The standard InChI is InChI=1S/C15H15N3O3/c1-10-2-4-13(5-3-10)18-8-11(6-14(18)19)15(20)17-12-7-16-21-9-12/h2-5,7,9,11H,6,8H2,1H3,(H,17,20)/t11-/m1/s1. The molecule has 1 atom stereocenters. The lowest BCUT2D eigenvalue weighted by Crippen LogP contribution is -2.28. The zero-order valence-corrected chi connectivity index (χ0v) is 11.6. The summed E-state index contributed by atoms with van der Waals surface area (Å²) in [5.74, 6) is -0.598. The van der Waals surface area contributed by atoms with Gasteiger partial charge in [0, 0.05) is 18.7 Å². The molecule has 1 N–H and O–H groups in total. The zero-order valence-electron chi connectivity index (χ0n) is 11.6. The maximum Gasteiger partial charge on any atom is 0.229 e. The molecule has 1 fully saturated rings. The van der Waals surface area contributed by atoms with E-state index in [-0.39, 0.29) is 24.2 Å². The molecule has 2 aromatic rings. The third kappa shape index (κ3) is 2.79. The van der Waals surface area contributed by atoms with Crippen LogP contribution in [0.5, 0.6) is 0 Å². The molecule has 6 heteroatoms. The molecule has 2 amide bonds. The van der Waals surface area contributed by atoms with Crippen molar-refractivity contribution in [1.29, 1.82) is 0 Å². The molecule has 0 saturated carbocycles. The van der Waals surface area contributed by atoms with Crippen LogP contribution in [0.1, 0.15) is 12.0 Å². The molecule has 1 aromatic carbocycles. The third-order valence-corrected chi connectivity index (χ3v) is 3.54. The lowest BCUT2D eigenvalue weighted by molar-refractivity contribution is -0.122. The van der Waals surface area contributed by atoms with E-state index in [1.165, 1.54) is 12.5 Å². The topological polar surface area (TPSA) is 75.4 Å². The summed E-state index contributed by atoms with van der Waals surface area (Å²) in [6, 6.07) is 7.70. The quantitative estimate of drug-likeness (QED) is 0.935. The zero-order chi connectivity index (χ0) is 14.8. The van der Waals surface area contributed by atoms with E-state index < -0.39 is 0 Å². The third-order valence-electron chi connectivity index (χ3n) is 3.54. The Labute approximate surface area is 121 Å². The second-order valence-corrected chi connectivity index (χ2v) is 5.14. The highest BCUT2D eigenvalue weighted by atomic mass is 16.5. The van der Waals surface area contributed by atoms with Crippen LogP contribution in [-0.2, 0) is 9.59 Å². The van der Waals surface area contributed by atoms with Crippen molar-refractivity contribution in [3.05, 3.63) is 42.3 Å².